The van der Waals surface area contributed by atoms with E-state index >= 15 is 0 Å². The van der Waals surface area contributed by atoms with Crippen molar-refractivity contribution in [2.75, 3.05) is 0 Å². The van der Waals surface area contributed by atoms with Gasteiger partial charge in [-0.15, -0.1) is 0 Å². The minimum atomic E-state index is -1.22. The molecule has 0 radical (unpaired) electrons. The minimum Gasteiger partial charge on any atom is -0.480 e. The van der Waals surface area contributed by atoms with Crippen molar-refractivity contribution in [3.05, 3.63) is 0 Å². The maximum absolute atomic E-state index is 13.1. The fourth-order valence-electron chi connectivity index (χ4n) is 3.28. The molecule has 7 N–H and O–H groups in total. The Morgan fingerprint density at radius 3 is 1.63 bits per heavy atom. The van der Waals surface area contributed by atoms with Gasteiger partial charge in [0, 0.05) is 13.3 Å². The van der Waals surface area contributed by atoms with Crippen LogP contribution >= 0.6 is 0 Å². The zero-order valence-corrected chi connectivity index (χ0v) is 21.6. The molecule has 0 rings (SSSR count). The van der Waals surface area contributed by atoms with Crippen LogP contribution in [0, 0.1) is 17.8 Å². The molecule has 0 spiro atoms. The van der Waals surface area contributed by atoms with Crippen LogP contribution in [-0.4, -0.2) is 64.8 Å². The lowest BCUT2D eigenvalue weighted by Gasteiger charge is -2.29. The van der Waals surface area contributed by atoms with Gasteiger partial charge in [-0.1, -0.05) is 48.0 Å². The first-order valence-corrected chi connectivity index (χ1v) is 11.8. The summed E-state index contributed by atoms with van der Waals surface area (Å²) in [5.74, 6) is -5.40. The molecule has 0 aliphatic carbocycles. The summed E-state index contributed by atoms with van der Waals surface area (Å²) in [6.45, 7) is 11.5. The number of nitrogens with one attached hydrogen (secondary N) is 4. The number of rotatable bonds is 15. The number of carboxylic acid groups (broad SMARTS) is 1. The maximum atomic E-state index is 13.1. The second-order valence-electron chi connectivity index (χ2n) is 9.43. The van der Waals surface area contributed by atoms with E-state index < -0.39 is 65.6 Å². The van der Waals surface area contributed by atoms with E-state index in [0.29, 0.717) is 6.42 Å². The molecule has 0 bridgehead atoms. The lowest BCUT2D eigenvalue weighted by Crippen LogP contribution is -2.60. The molecule has 0 fully saturated rings. The van der Waals surface area contributed by atoms with E-state index in [9.17, 15) is 33.9 Å². The molecule has 0 heterocycles. The minimum absolute atomic E-state index is 0.129. The topological polar surface area (TPSA) is 197 Å². The second-order valence-corrected chi connectivity index (χ2v) is 9.43. The average molecular weight is 500 g/mol. The van der Waals surface area contributed by atoms with Gasteiger partial charge in [0.25, 0.3) is 0 Å². The van der Waals surface area contributed by atoms with Crippen LogP contribution in [0.15, 0.2) is 0 Å². The first kappa shape index (κ1) is 31.8. The van der Waals surface area contributed by atoms with Crippen LogP contribution in [0.2, 0.25) is 0 Å². The Bertz CT molecular complexity index is 784. The number of carbonyl (C=O) groups is 6. The second kappa shape index (κ2) is 14.9. The van der Waals surface area contributed by atoms with Gasteiger partial charge < -0.3 is 32.1 Å². The van der Waals surface area contributed by atoms with Crippen molar-refractivity contribution < 1.29 is 33.9 Å². The van der Waals surface area contributed by atoms with E-state index in [-0.39, 0.29) is 24.7 Å². The average Bonchev–Trinajstić information content (AvgIpc) is 2.74. The molecule has 0 aliphatic heterocycles. The lowest BCUT2D eigenvalue weighted by atomic mass is 9.96. The third-order valence-corrected chi connectivity index (χ3v) is 5.64. The highest BCUT2D eigenvalue weighted by Gasteiger charge is 2.34. The van der Waals surface area contributed by atoms with Crippen molar-refractivity contribution >= 4 is 35.5 Å². The zero-order chi connectivity index (χ0) is 27.5. The Morgan fingerprint density at radius 2 is 1.23 bits per heavy atom. The largest absolute Gasteiger partial charge is 0.480 e. The summed E-state index contributed by atoms with van der Waals surface area (Å²) in [5.41, 5.74) is 5.22. The summed E-state index contributed by atoms with van der Waals surface area (Å²) in [7, 11) is 0. The normalized spacial score (nSPS) is 15.3. The Kier molecular flexibility index (Phi) is 13.6. The number of hydrogen-bond acceptors (Lipinski definition) is 6. The quantitative estimate of drug-likeness (QED) is 0.177. The van der Waals surface area contributed by atoms with Gasteiger partial charge in [-0.2, -0.15) is 0 Å². The Morgan fingerprint density at radius 1 is 0.743 bits per heavy atom. The fraction of sp³-hybridized carbons (Fsp3) is 0.739. The number of hydrogen-bond donors (Lipinski definition) is 6. The molecule has 12 nitrogen and oxygen atoms in total. The smallest absolute Gasteiger partial charge is 0.326 e. The molecule has 0 saturated carbocycles. The molecule has 12 heteroatoms. The van der Waals surface area contributed by atoms with Crippen LogP contribution in [0.3, 0.4) is 0 Å². The van der Waals surface area contributed by atoms with E-state index in [1.807, 2.05) is 0 Å². The molecule has 0 unspecified atom stereocenters. The van der Waals surface area contributed by atoms with Crippen molar-refractivity contribution in [2.45, 2.75) is 91.9 Å². The van der Waals surface area contributed by atoms with E-state index in [2.05, 4.69) is 21.3 Å². The van der Waals surface area contributed by atoms with Crippen molar-refractivity contribution in [2.24, 2.45) is 23.5 Å². The highest BCUT2D eigenvalue weighted by molar-refractivity contribution is 5.95. The van der Waals surface area contributed by atoms with Crippen LogP contribution in [0.4, 0.5) is 0 Å². The van der Waals surface area contributed by atoms with Crippen molar-refractivity contribution in [1.29, 1.82) is 0 Å². The van der Waals surface area contributed by atoms with Gasteiger partial charge in [-0.05, 0) is 24.2 Å². The standard InChI is InChI=1S/C23H41N5O7/c1-8-13(6)19(22(33)27-18(12(4)5)23(34)35)28-20(31)15(9-10-16(24)30)26-21(32)17(11(2)3)25-14(7)29/h11-13,15,17-19H,8-10H2,1-7H3,(H2,24,30)(H,25,29)(H,26,32)(H,27,33)(H,28,31)(H,34,35)/t13-,15-,17-,18-,19-/m0/s1. The van der Waals surface area contributed by atoms with Crippen molar-refractivity contribution in [3.8, 4) is 0 Å². The summed E-state index contributed by atoms with van der Waals surface area (Å²) >= 11 is 0. The number of nitrogens with two attached hydrogens (primary N) is 1. The van der Waals surface area contributed by atoms with Gasteiger partial charge in [0.05, 0.1) is 0 Å². The van der Waals surface area contributed by atoms with E-state index in [0.717, 1.165) is 0 Å². The third kappa shape index (κ3) is 11.2. The molecular formula is C23H41N5O7. The van der Waals surface area contributed by atoms with Crippen LogP contribution < -0.4 is 27.0 Å². The molecule has 5 atom stereocenters. The SMILES string of the molecule is CC[C@H](C)[C@H](NC(=O)[C@H](CCC(N)=O)NC(=O)[C@@H](NC(C)=O)C(C)C)C(=O)N[C@H](C(=O)O)C(C)C. The molecule has 0 aromatic heterocycles. The summed E-state index contributed by atoms with van der Waals surface area (Å²) in [4.78, 5) is 73.2. The predicted octanol–water partition coefficient (Wildman–Crippen LogP) is -0.346. The van der Waals surface area contributed by atoms with Gasteiger partial charge in [0.2, 0.25) is 29.5 Å². The van der Waals surface area contributed by atoms with Gasteiger partial charge >= 0.3 is 5.97 Å². The van der Waals surface area contributed by atoms with E-state index in [1.54, 1.807) is 41.5 Å². The van der Waals surface area contributed by atoms with Gasteiger partial charge in [-0.25, -0.2) is 4.79 Å². The van der Waals surface area contributed by atoms with Crippen LogP contribution in [0.5, 0.6) is 0 Å². The molecule has 0 aromatic carbocycles. The summed E-state index contributed by atoms with van der Waals surface area (Å²) in [6, 6.07) is -4.38. The van der Waals surface area contributed by atoms with E-state index in [1.165, 1.54) is 6.92 Å². The number of amides is 5. The Balaban J connectivity index is 5.81. The Labute approximate surface area is 206 Å². The summed E-state index contributed by atoms with van der Waals surface area (Å²) in [5, 5.41) is 19.5. The fourth-order valence-corrected chi connectivity index (χ4v) is 3.28. The molecule has 5 amide bonds. The van der Waals surface area contributed by atoms with Gasteiger partial charge in [-0.3, -0.25) is 24.0 Å². The summed E-state index contributed by atoms with van der Waals surface area (Å²) in [6.07, 6.45) is 0.157. The van der Waals surface area contributed by atoms with Gasteiger partial charge in [0.15, 0.2) is 0 Å². The van der Waals surface area contributed by atoms with Crippen LogP contribution in [-0.2, 0) is 28.8 Å². The van der Waals surface area contributed by atoms with Crippen molar-refractivity contribution in [3.63, 3.8) is 0 Å². The molecule has 200 valence electrons. The predicted molar refractivity (Wildman–Crippen MR) is 129 cm³/mol. The van der Waals surface area contributed by atoms with Crippen LogP contribution in [0.1, 0.15) is 67.7 Å². The van der Waals surface area contributed by atoms with Crippen molar-refractivity contribution in [1.82, 2.24) is 21.3 Å². The molecular weight excluding hydrogens is 458 g/mol. The molecule has 0 aromatic rings. The van der Waals surface area contributed by atoms with E-state index in [4.69, 9.17) is 5.73 Å². The first-order valence-electron chi connectivity index (χ1n) is 11.8. The number of carbonyl (C=O) groups excluding carboxylic acids is 5. The highest BCUT2D eigenvalue weighted by Crippen LogP contribution is 2.12. The van der Waals surface area contributed by atoms with Crippen LogP contribution in [0.25, 0.3) is 0 Å². The number of aliphatic carboxylic acids is 1. The third-order valence-electron chi connectivity index (χ3n) is 5.64. The molecule has 35 heavy (non-hydrogen) atoms. The zero-order valence-electron chi connectivity index (χ0n) is 21.6. The van der Waals surface area contributed by atoms with Gasteiger partial charge in [0.1, 0.15) is 24.2 Å². The number of carboxylic acids is 1. The molecule has 0 aliphatic rings. The molecule has 0 saturated heterocycles. The maximum Gasteiger partial charge on any atom is 0.326 e. The Hall–Kier alpha value is -3.18. The number of primary amides is 1. The summed E-state index contributed by atoms with van der Waals surface area (Å²) < 4.78 is 0. The monoisotopic (exact) mass is 499 g/mol. The highest BCUT2D eigenvalue weighted by atomic mass is 16.4. The first-order chi connectivity index (χ1) is 16.1. The lowest BCUT2D eigenvalue weighted by molar-refractivity contribution is -0.144.